The van der Waals surface area contributed by atoms with E-state index in [9.17, 15) is 12.8 Å². The van der Waals surface area contributed by atoms with Gasteiger partial charge < -0.3 is 10.6 Å². The first-order valence-corrected chi connectivity index (χ1v) is 8.68. The number of piperidine rings is 1. The van der Waals surface area contributed by atoms with E-state index in [1.807, 2.05) is 4.90 Å². The van der Waals surface area contributed by atoms with Crippen LogP contribution in [-0.4, -0.2) is 33.8 Å². The molecule has 1 aromatic carbocycles. The molecule has 0 saturated carbocycles. The molecule has 20 heavy (non-hydrogen) atoms. The Labute approximate surface area is 119 Å². The lowest BCUT2D eigenvalue weighted by Crippen LogP contribution is -2.46. The summed E-state index contributed by atoms with van der Waals surface area (Å²) in [6, 6.07) is 4.21. The molecule has 1 aliphatic heterocycles. The smallest absolute Gasteiger partial charge is 0.175 e. The van der Waals surface area contributed by atoms with Crippen molar-refractivity contribution in [1.82, 2.24) is 0 Å². The third-order valence-electron chi connectivity index (χ3n) is 3.91. The van der Waals surface area contributed by atoms with Crippen LogP contribution in [0.4, 0.5) is 10.1 Å². The van der Waals surface area contributed by atoms with Crippen molar-refractivity contribution in [2.45, 2.75) is 30.7 Å². The summed E-state index contributed by atoms with van der Waals surface area (Å²) in [4.78, 5) is 1.97. The van der Waals surface area contributed by atoms with E-state index in [1.54, 1.807) is 6.07 Å². The van der Waals surface area contributed by atoms with Gasteiger partial charge in [0, 0.05) is 25.4 Å². The lowest BCUT2D eigenvalue weighted by atomic mass is 9.92. The van der Waals surface area contributed by atoms with Crippen LogP contribution in [0.1, 0.15) is 19.8 Å². The molecule has 1 fully saturated rings. The summed E-state index contributed by atoms with van der Waals surface area (Å²) in [5.41, 5.74) is 6.23. The summed E-state index contributed by atoms with van der Waals surface area (Å²) < 4.78 is 37.1. The summed E-state index contributed by atoms with van der Waals surface area (Å²) in [6.07, 6.45) is 3.00. The molecule has 1 heterocycles. The molecule has 0 spiro atoms. The van der Waals surface area contributed by atoms with Crippen molar-refractivity contribution in [1.29, 1.82) is 0 Å². The molecule has 1 aromatic rings. The molecule has 0 aromatic heterocycles. The van der Waals surface area contributed by atoms with Gasteiger partial charge in [0.25, 0.3) is 0 Å². The van der Waals surface area contributed by atoms with E-state index in [0.29, 0.717) is 18.2 Å². The van der Waals surface area contributed by atoms with Crippen LogP contribution in [0.3, 0.4) is 0 Å². The zero-order valence-electron chi connectivity index (χ0n) is 11.8. The number of nitrogens with zero attached hydrogens (tertiary/aromatic N) is 1. The number of hydrogen-bond acceptors (Lipinski definition) is 4. The van der Waals surface area contributed by atoms with Gasteiger partial charge in [-0.2, -0.15) is 0 Å². The Morgan fingerprint density at radius 1 is 1.45 bits per heavy atom. The van der Waals surface area contributed by atoms with E-state index in [1.165, 1.54) is 6.07 Å². The summed E-state index contributed by atoms with van der Waals surface area (Å²) in [6.45, 7) is 3.39. The maximum absolute atomic E-state index is 14.2. The van der Waals surface area contributed by atoms with Crippen molar-refractivity contribution in [3.05, 3.63) is 24.0 Å². The summed E-state index contributed by atoms with van der Waals surface area (Å²) >= 11 is 0. The number of nitrogens with two attached hydrogens (primary N) is 1. The number of anilines is 1. The van der Waals surface area contributed by atoms with Gasteiger partial charge in [-0.1, -0.05) is 6.92 Å². The molecule has 2 N–H and O–H groups in total. The zero-order valence-corrected chi connectivity index (χ0v) is 12.7. The number of halogens is 1. The summed E-state index contributed by atoms with van der Waals surface area (Å²) in [7, 11) is -3.38. The van der Waals surface area contributed by atoms with Crippen molar-refractivity contribution in [3.8, 4) is 0 Å². The van der Waals surface area contributed by atoms with E-state index in [2.05, 4.69) is 6.92 Å². The minimum Gasteiger partial charge on any atom is -0.365 e. The second-order valence-electron chi connectivity index (χ2n) is 5.60. The highest BCUT2D eigenvalue weighted by molar-refractivity contribution is 7.90. The van der Waals surface area contributed by atoms with Gasteiger partial charge in [-0.15, -0.1) is 0 Å². The van der Waals surface area contributed by atoms with Gasteiger partial charge in [-0.3, -0.25) is 0 Å². The van der Waals surface area contributed by atoms with Gasteiger partial charge in [0.2, 0.25) is 0 Å². The zero-order chi connectivity index (χ0) is 14.9. The molecule has 2 atom stereocenters. The van der Waals surface area contributed by atoms with Gasteiger partial charge in [0.15, 0.2) is 9.84 Å². The van der Waals surface area contributed by atoms with Crippen molar-refractivity contribution >= 4 is 15.5 Å². The Kier molecular flexibility index (Phi) is 4.34. The molecular formula is C14H21FN2O2S. The van der Waals surface area contributed by atoms with E-state index < -0.39 is 15.7 Å². The van der Waals surface area contributed by atoms with E-state index in [0.717, 1.165) is 31.7 Å². The number of benzene rings is 1. The van der Waals surface area contributed by atoms with E-state index in [-0.39, 0.29) is 10.9 Å². The van der Waals surface area contributed by atoms with Gasteiger partial charge in [-0.25, -0.2) is 12.8 Å². The first-order valence-electron chi connectivity index (χ1n) is 6.79. The molecule has 0 amide bonds. The molecule has 0 bridgehead atoms. The van der Waals surface area contributed by atoms with Crippen molar-refractivity contribution in [2.75, 3.05) is 24.2 Å². The number of hydrogen-bond donors (Lipinski definition) is 1. The van der Waals surface area contributed by atoms with Crippen LogP contribution >= 0.6 is 0 Å². The second kappa shape index (κ2) is 5.69. The fourth-order valence-corrected chi connectivity index (χ4v) is 3.38. The van der Waals surface area contributed by atoms with Crippen molar-refractivity contribution in [3.63, 3.8) is 0 Å². The standard InChI is InChI=1S/C14H21FN2O2S/c1-10-5-6-17(11(7-10)9-16)14-4-3-12(8-13(14)15)20(2,18)19/h3-4,8,10-11H,5-7,9,16H2,1-2H3. The highest BCUT2D eigenvalue weighted by atomic mass is 32.2. The highest BCUT2D eigenvalue weighted by Crippen LogP contribution is 2.30. The lowest BCUT2D eigenvalue weighted by Gasteiger charge is -2.39. The highest BCUT2D eigenvalue weighted by Gasteiger charge is 2.27. The predicted molar refractivity (Wildman–Crippen MR) is 78.1 cm³/mol. The molecule has 4 nitrogen and oxygen atoms in total. The van der Waals surface area contributed by atoms with Gasteiger partial charge >= 0.3 is 0 Å². The summed E-state index contributed by atoms with van der Waals surface area (Å²) in [5.74, 6) is 0.0825. The Morgan fingerprint density at radius 3 is 2.70 bits per heavy atom. The third-order valence-corrected chi connectivity index (χ3v) is 5.02. The normalized spacial score (nSPS) is 23.9. The van der Waals surface area contributed by atoms with E-state index >= 15 is 0 Å². The quantitative estimate of drug-likeness (QED) is 0.924. The SMILES string of the molecule is CC1CCN(c2ccc(S(C)(=O)=O)cc2F)C(CN)C1. The van der Waals surface area contributed by atoms with Gasteiger partial charge in [0.05, 0.1) is 10.6 Å². The largest absolute Gasteiger partial charge is 0.365 e. The first kappa shape index (κ1) is 15.3. The maximum Gasteiger partial charge on any atom is 0.175 e. The van der Waals surface area contributed by atoms with Crippen molar-refractivity contribution in [2.24, 2.45) is 11.7 Å². The Balaban J connectivity index is 2.33. The van der Waals surface area contributed by atoms with Crippen molar-refractivity contribution < 1.29 is 12.8 Å². The molecule has 0 radical (unpaired) electrons. The molecule has 0 aliphatic carbocycles. The first-order chi connectivity index (χ1) is 9.32. The van der Waals surface area contributed by atoms with Crippen LogP contribution in [0.2, 0.25) is 0 Å². The van der Waals surface area contributed by atoms with Crippen LogP contribution in [-0.2, 0) is 9.84 Å². The van der Waals surface area contributed by atoms with Gasteiger partial charge in [-0.05, 0) is 37.0 Å². The van der Waals surface area contributed by atoms with Crippen LogP contribution in [0.25, 0.3) is 0 Å². The van der Waals surface area contributed by atoms with Crippen LogP contribution in [0, 0.1) is 11.7 Å². The predicted octanol–water partition coefficient (Wildman–Crippen LogP) is 1.79. The topological polar surface area (TPSA) is 63.4 Å². The maximum atomic E-state index is 14.2. The molecule has 112 valence electrons. The molecule has 1 saturated heterocycles. The minimum absolute atomic E-state index is 0.00780. The van der Waals surface area contributed by atoms with Crippen LogP contribution in [0.15, 0.2) is 23.1 Å². The Hall–Kier alpha value is -1.14. The second-order valence-corrected chi connectivity index (χ2v) is 7.61. The number of rotatable bonds is 3. The van der Waals surface area contributed by atoms with Crippen LogP contribution < -0.4 is 10.6 Å². The number of sulfone groups is 1. The summed E-state index contributed by atoms with van der Waals surface area (Å²) in [5, 5.41) is 0. The fourth-order valence-electron chi connectivity index (χ4n) is 2.74. The average molecular weight is 300 g/mol. The lowest BCUT2D eigenvalue weighted by molar-refractivity contribution is 0.364. The average Bonchev–Trinajstić information content (AvgIpc) is 2.38. The van der Waals surface area contributed by atoms with Crippen LogP contribution in [0.5, 0.6) is 0 Å². The Bertz CT molecular complexity index is 589. The molecule has 2 rings (SSSR count). The molecule has 2 unspecified atom stereocenters. The molecular weight excluding hydrogens is 279 g/mol. The molecule has 6 heteroatoms. The fraction of sp³-hybridized carbons (Fsp3) is 0.571. The van der Waals surface area contributed by atoms with Gasteiger partial charge in [0.1, 0.15) is 5.82 Å². The third kappa shape index (κ3) is 3.12. The Morgan fingerprint density at radius 2 is 2.15 bits per heavy atom. The van der Waals surface area contributed by atoms with E-state index in [4.69, 9.17) is 5.73 Å². The molecule has 1 aliphatic rings. The minimum atomic E-state index is -3.38. The monoisotopic (exact) mass is 300 g/mol.